The Kier molecular flexibility index (Phi) is 3.39. The van der Waals surface area contributed by atoms with Gasteiger partial charge >= 0.3 is 6.61 Å². The van der Waals surface area contributed by atoms with E-state index >= 15 is 0 Å². The molecule has 1 rings (SSSR count). The van der Waals surface area contributed by atoms with Crippen LogP contribution in [0.4, 0.5) is 8.78 Å². The quantitative estimate of drug-likeness (QED) is 0.701. The first kappa shape index (κ1) is 10.4. The first-order valence-electron chi connectivity index (χ1n) is 3.75. The van der Waals surface area contributed by atoms with Crippen LogP contribution < -0.4 is 9.47 Å². The zero-order chi connectivity index (χ0) is 10.6. The number of hydrogen-bond acceptors (Lipinski definition) is 3. The fourth-order valence-electron chi connectivity index (χ4n) is 0.937. The molecule has 1 aromatic rings. The van der Waals surface area contributed by atoms with Gasteiger partial charge in [-0.15, -0.1) is 0 Å². The number of aldehydes is 1. The number of ether oxygens (including phenoxy) is 2. The molecule has 0 unspecified atom stereocenters. The highest BCUT2D eigenvalue weighted by Gasteiger charge is 2.10. The van der Waals surface area contributed by atoms with E-state index in [1.165, 1.54) is 25.3 Å². The van der Waals surface area contributed by atoms with Crippen molar-refractivity contribution in [2.45, 2.75) is 6.61 Å². The summed E-state index contributed by atoms with van der Waals surface area (Å²) in [7, 11) is 1.39. The fraction of sp³-hybridized carbons (Fsp3) is 0.222. The largest absolute Gasteiger partial charge is 0.497 e. The first-order valence-corrected chi connectivity index (χ1v) is 3.75. The van der Waals surface area contributed by atoms with Gasteiger partial charge in [0.15, 0.2) is 6.29 Å². The van der Waals surface area contributed by atoms with Crippen molar-refractivity contribution in [3.8, 4) is 11.5 Å². The van der Waals surface area contributed by atoms with E-state index in [1.54, 1.807) is 0 Å². The van der Waals surface area contributed by atoms with Crippen LogP contribution in [-0.4, -0.2) is 20.0 Å². The molecule has 0 saturated heterocycles. The number of rotatable bonds is 4. The van der Waals surface area contributed by atoms with Gasteiger partial charge in [-0.3, -0.25) is 4.79 Å². The Morgan fingerprint density at radius 2 is 2.14 bits per heavy atom. The van der Waals surface area contributed by atoms with Crippen LogP contribution in [0.2, 0.25) is 0 Å². The Labute approximate surface area is 79.2 Å². The molecule has 5 heteroatoms. The minimum Gasteiger partial charge on any atom is -0.497 e. The molecule has 0 aromatic heterocycles. The number of carbonyl (C=O) groups excluding carboxylic acids is 1. The predicted molar refractivity (Wildman–Crippen MR) is 45.0 cm³/mol. The summed E-state index contributed by atoms with van der Waals surface area (Å²) in [4.78, 5) is 10.4. The van der Waals surface area contributed by atoms with E-state index in [9.17, 15) is 13.6 Å². The summed E-state index contributed by atoms with van der Waals surface area (Å²) in [6.45, 7) is -2.96. The minimum absolute atomic E-state index is 0.0612. The maximum Gasteiger partial charge on any atom is 0.387 e. The van der Waals surface area contributed by atoms with Crippen molar-refractivity contribution in [2.75, 3.05) is 7.11 Å². The molecule has 0 fully saturated rings. The zero-order valence-electron chi connectivity index (χ0n) is 7.37. The fourth-order valence-corrected chi connectivity index (χ4v) is 0.937. The Bertz CT molecular complexity index is 326. The lowest BCUT2D eigenvalue weighted by atomic mass is 10.2. The number of benzene rings is 1. The molecular weight excluding hydrogens is 194 g/mol. The average Bonchev–Trinajstić information content (AvgIpc) is 2.16. The van der Waals surface area contributed by atoms with Gasteiger partial charge in [0.2, 0.25) is 0 Å². The minimum atomic E-state index is -2.96. The molecule has 0 N–H and O–H groups in total. The zero-order valence-corrected chi connectivity index (χ0v) is 7.37. The molecule has 0 bridgehead atoms. The van der Waals surface area contributed by atoms with Crippen molar-refractivity contribution in [2.24, 2.45) is 0 Å². The van der Waals surface area contributed by atoms with Crippen LogP contribution in [0.3, 0.4) is 0 Å². The molecule has 3 nitrogen and oxygen atoms in total. The Hall–Kier alpha value is -1.65. The lowest BCUT2D eigenvalue weighted by Gasteiger charge is -2.08. The summed E-state index contributed by atoms with van der Waals surface area (Å²) in [6, 6.07) is 4.07. The van der Waals surface area contributed by atoms with E-state index in [4.69, 9.17) is 4.74 Å². The number of carbonyl (C=O) groups is 1. The van der Waals surface area contributed by atoms with Crippen molar-refractivity contribution in [1.82, 2.24) is 0 Å². The number of halogens is 2. The van der Waals surface area contributed by atoms with E-state index in [0.29, 0.717) is 12.0 Å². The molecule has 0 aliphatic rings. The second-order valence-electron chi connectivity index (χ2n) is 2.40. The molecule has 0 spiro atoms. The summed E-state index contributed by atoms with van der Waals surface area (Å²) in [5.74, 6) is 0.167. The van der Waals surface area contributed by atoms with Crippen molar-refractivity contribution in [1.29, 1.82) is 0 Å². The van der Waals surface area contributed by atoms with Crippen molar-refractivity contribution >= 4 is 6.29 Å². The second-order valence-corrected chi connectivity index (χ2v) is 2.40. The second kappa shape index (κ2) is 4.55. The van der Waals surface area contributed by atoms with E-state index in [0.717, 1.165) is 0 Å². The molecule has 0 aliphatic heterocycles. The van der Waals surface area contributed by atoms with Crippen LogP contribution in [0, 0.1) is 0 Å². The van der Waals surface area contributed by atoms with Gasteiger partial charge in [0.1, 0.15) is 11.5 Å². The van der Waals surface area contributed by atoms with Gasteiger partial charge < -0.3 is 9.47 Å². The van der Waals surface area contributed by atoms with Gasteiger partial charge in [-0.2, -0.15) is 8.78 Å². The van der Waals surface area contributed by atoms with Crippen LogP contribution in [0.15, 0.2) is 18.2 Å². The van der Waals surface area contributed by atoms with Crippen LogP contribution in [0.5, 0.6) is 11.5 Å². The third-order valence-corrected chi connectivity index (χ3v) is 1.56. The number of hydrogen-bond donors (Lipinski definition) is 0. The highest BCUT2D eigenvalue weighted by Crippen LogP contribution is 2.24. The molecule has 0 heterocycles. The summed E-state index contributed by atoms with van der Waals surface area (Å²) < 4.78 is 32.7. The lowest BCUT2D eigenvalue weighted by Crippen LogP contribution is -2.04. The maximum atomic E-state index is 11.9. The van der Waals surface area contributed by atoms with Gasteiger partial charge in [-0.25, -0.2) is 0 Å². The molecule has 0 amide bonds. The molecule has 14 heavy (non-hydrogen) atoms. The molecule has 76 valence electrons. The third-order valence-electron chi connectivity index (χ3n) is 1.56. The summed E-state index contributed by atoms with van der Waals surface area (Å²) in [6.07, 6.45) is 0.442. The summed E-state index contributed by atoms with van der Waals surface area (Å²) in [5.41, 5.74) is 0.0612. The van der Waals surface area contributed by atoms with Gasteiger partial charge in [-0.05, 0) is 12.1 Å². The monoisotopic (exact) mass is 202 g/mol. The lowest BCUT2D eigenvalue weighted by molar-refractivity contribution is -0.0501. The molecular formula is C9H8F2O3. The SMILES string of the molecule is COc1ccc(C=O)c(OC(F)F)c1. The van der Waals surface area contributed by atoms with E-state index in [-0.39, 0.29) is 11.3 Å². The molecule has 0 atom stereocenters. The number of alkyl halides is 2. The molecule has 0 radical (unpaired) electrons. The van der Waals surface area contributed by atoms with Crippen LogP contribution in [0.25, 0.3) is 0 Å². The normalized spacial score (nSPS) is 10.0. The van der Waals surface area contributed by atoms with Crippen molar-refractivity contribution in [3.63, 3.8) is 0 Å². The first-order chi connectivity index (χ1) is 6.67. The molecule has 0 saturated carbocycles. The average molecular weight is 202 g/mol. The van der Waals surface area contributed by atoms with Gasteiger partial charge in [0.25, 0.3) is 0 Å². The Balaban J connectivity index is 3.01. The maximum absolute atomic E-state index is 11.9. The predicted octanol–water partition coefficient (Wildman–Crippen LogP) is 2.11. The summed E-state index contributed by atoms with van der Waals surface area (Å²) in [5, 5.41) is 0. The van der Waals surface area contributed by atoms with E-state index in [1.807, 2.05) is 0 Å². The molecule has 0 aliphatic carbocycles. The topological polar surface area (TPSA) is 35.5 Å². The third kappa shape index (κ3) is 2.42. The summed E-state index contributed by atoms with van der Waals surface area (Å²) >= 11 is 0. The van der Waals surface area contributed by atoms with E-state index < -0.39 is 6.61 Å². The smallest absolute Gasteiger partial charge is 0.387 e. The van der Waals surface area contributed by atoms with Crippen LogP contribution in [-0.2, 0) is 0 Å². The molecule has 1 aromatic carbocycles. The van der Waals surface area contributed by atoms with Crippen LogP contribution >= 0.6 is 0 Å². The highest BCUT2D eigenvalue weighted by molar-refractivity contribution is 5.79. The van der Waals surface area contributed by atoms with E-state index in [2.05, 4.69) is 4.74 Å². The van der Waals surface area contributed by atoms with Gasteiger partial charge in [-0.1, -0.05) is 0 Å². The highest BCUT2D eigenvalue weighted by atomic mass is 19.3. The van der Waals surface area contributed by atoms with Crippen molar-refractivity contribution < 1.29 is 23.0 Å². The standard InChI is InChI=1S/C9H8F2O3/c1-13-7-3-2-6(5-12)8(4-7)14-9(10)11/h2-5,9H,1H3. The van der Waals surface area contributed by atoms with Crippen molar-refractivity contribution in [3.05, 3.63) is 23.8 Å². The Morgan fingerprint density at radius 3 is 2.64 bits per heavy atom. The van der Waals surface area contributed by atoms with Crippen LogP contribution in [0.1, 0.15) is 10.4 Å². The number of methoxy groups -OCH3 is 1. The van der Waals surface area contributed by atoms with Gasteiger partial charge in [0, 0.05) is 6.07 Å². The van der Waals surface area contributed by atoms with Gasteiger partial charge in [0.05, 0.1) is 12.7 Å². The Morgan fingerprint density at radius 1 is 1.43 bits per heavy atom.